The van der Waals surface area contributed by atoms with E-state index in [2.05, 4.69) is 22.1 Å². The molecule has 112 valence electrons. The maximum absolute atomic E-state index is 9.27. The Morgan fingerprint density at radius 3 is 2.57 bits per heavy atom. The molecule has 3 aromatic heterocycles. The molecule has 1 aromatic carbocycles. The van der Waals surface area contributed by atoms with Gasteiger partial charge in [-0.05, 0) is 29.8 Å². The van der Waals surface area contributed by atoms with Crippen molar-refractivity contribution >= 4 is 5.65 Å². The third kappa shape index (κ3) is 2.60. The average Bonchev–Trinajstić information content (AvgIpc) is 3.06. The standard InChI is InChI=1S/C19H15N3O/c23-13-14-8-9-20-17(10-14)16-6-7-19-21-18(12-22(19)11-16)15-4-2-1-3-5-15/h1-12,23H,13H2. The topological polar surface area (TPSA) is 50.4 Å². The predicted octanol–water partition coefficient (Wildman–Crippen LogP) is 3.56. The number of nitrogens with zero attached hydrogens (tertiary/aromatic N) is 3. The van der Waals surface area contributed by atoms with Gasteiger partial charge >= 0.3 is 0 Å². The van der Waals surface area contributed by atoms with Crippen LogP contribution in [0.15, 0.2) is 73.2 Å². The minimum Gasteiger partial charge on any atom is -0.392 e. The zero-order valence-electron chi connectivity index (χ0n) is 12.4. The Morgan fingerprint density at radius 2 is 1.74 bits per heavy atom. The first-order chi connectivity index (χ1) is 11.3. The molecule has 0 atom stereocenters. The lowest BCUT2D eigenvalue weighted by Crippen LogP contribution is -1.90. The molecule has 4 heteroatoms. The number of benzene rings is 1. The van der Waals surface area contributed by atoms with Crippen LogP contribution >= 0.6 is 0 Å². The second-order valence-electron chi connectivity index (χ2n) is 5.38. The van der Waals surface area contributed by atoms with Gasteiger partial charge in [0.25, 0.3) is 0 Å². The van der Waals surface area contributed by atoms with Gasteiger partial charge in [-0.3, -0.25) is 4.98 Å². The molecule has 0 aliphatic carbocycles. The van der Waals surface area contributed by atoms with Crippen molar-refractivity contribution in [1.29, 1.82) is 0 Å². The zero-order valence-corrected chi connectivity index (χ0v) is 12.4. The Balaban J connectivity index is 1.79. The molecule has 3 heterocycles. The number of pyridine rings is 2. The minimum atomic E-state index is 0.0149. The SMILES string of the molecule is OCc1ccnc(-c2ccc3nc(-c4ccccc4)cn3c2)c1. The Bertz CT molecular complexity index is 961. The number of aromatic nitrogens is 3. The van der Waals surface area contributed by atoms with Gasteiger partial charge in [-0.2, -0.15) is 0 Å². The van der Waals surface area contributed by atoms with Crippen LogP contribution in [0, 0.1) is 0 Å². The highest BCUT2D eigenvalue weighted by Gasteiger charge is 2.06. The summed E-state index contributed by atoms with van der Waals surface area (Å²) < 4.78 is 2.00. The molecule has 0 fully saturated rings. The van der Waals surface area contributed by atoms with Crippen LogP contribution in [0.3, 0.4) is 0 Å². The highest BCUT2D eigenvalue weighted by Crippen LogP contribution is 2.22. The maximum Gasteiger partial charge on any atom is 0.137 e. The number of hydrogen-bond acceptors (Lipinski definition) is 3. The van der Waals surface area contributed by atoms with Crippen molar-refractivity contribution in [3.63, 3.8) is 0 Å². The summed E-state index contributed by atoms with van der Waals surface area (Å²) in [7, 11) is 0. The lowest BCUT2D eigenvalue weighted by atomic mass is 10.1. The second kappa shape index (κ2) is 5.66. The summed E-state index contributed by atoms with van der Waals surface area (Å²) in [6.45, 7) is 0.0149. The minimum absolute atomic E-state index is 0.0149. The first kappa shape index (κ1) is 13.7. The van der Waals surface area contributed by atoms with Gasteiger partial charge in [0.1, 0.15) is 5.65 Å². The van der Waals surface area contributed by atoms with Gasteiger partial charge in [0.05, 0.1) is 18.0 Å². The van der Waals surface area contributed by atoms with Crippen molar-refractivity contribution < 1.29 is 5.11 Å². The van der Waals surface area contributed by atoms with Crippen LogP contribution in [0.5, 0.6) is 0 Å². The van der Waals surface area contributed by atoms with E-state index in [1.165, 1.54) is 0 Å². The molecule has 4 nitrogen and oxygen atoms in total. The van der Waals surface area contributed by atoms with E-state index in [-0.39, 0.29) is 6.61 Å². The van der Waals surface area contributed by atoms with Gasteiger partial charge in [-0.1, -0.05) is 30.3 Å². The smallest absolute Gasteiger partial charge is 0.137 e. The number of imidazole rings is 1. The average molecular weight is 301 g/mol. The van der Waals surface area contributed by atoms with Gasteiger partial charge in [0.2, 0.25) is 0 Å². The second-order valence-corrected chi connectivity index (χ2v) is 5.38. The maximum atomic E-state index is 9.27. The van der Waals surface area contributed by atoms with E-state index >= 15 is 0 Å². The molecular formula is C19H15N3O. The van der Waals surface area contributed by atoms with Gasteiger partial charge in [0, 0.05) is 29.7 Å². The first-order valence-corrected chi connectivity index (χ1v) is 7.44. The van der Waals surface area contributed by atoms with Crippen molar-refractivity contribution in [2.75, 3.05) is 0 Å². The zero-order chi connectivity index (χ0) is 15.6. The Kier molecular flexibility index (Phi) is 3.37. The summed E-state index contributed by atoms with van der Waals surface area (Å²) in [5, 5.41) is 9.27. The molecule has 0 saturated carbocycles. The summed E-state index contributed by atoms with van der Waals surface area (Å²) in [4.78, 5) is 9.04. The molecule has 0 aliphatic heterocycles. The molecule has 4 aromatic rings. The molecule has 23 heavy (non-hydrogen) atoms. The van der Waals surface area contributed by atoms with E-state index in [1.807, 2.05) is 59.3 Å². The van der Waals surface area contributed by atoms with Crippen molar-refractivity contribution in [2.24, 2.45) is 0 Å². The third-order valence-corrected chi connectivity index (χ3v) is 3.82. The number of rotatable bonds is 3. The summed E-state index contributed by atoms with van der Waals surface area (Å²) in [6, 6.07) is 17.8. The van der Waals surface area contributed by atoms with Gasteiger partial charge in [-0.15, -0.1) is 0 Å². The van der Waals surface area contributed by atoms with Gasteiger partial charge in [-0.25, -0.2) is 4.98 Å². The largest absolute Gasteiger partial charge is 0.392 e. The van der Waals surface area contributed by atoms with Crippen molar-refractivity contribution in [2.45, 2.75) is 6.61 Å². The summed E-state index contributed by atoms with van der Waals surface area (Å²) >= 11 is 0. The molecule has 0 unspecified atom stereocenters. The summed E-state index contributed by atoms with van der Waals surface area (Å²) in [6.07, 6.45) is 5.75. The van der Waals surface area contributed by atoms with Gasteiger partial charge < -0.3 is 9.51 Å². The third-order valence-electron chi connectivity index (χ3n) is 3.82. The van der Waals surface area contributed by atoms with Crippen LogP contribution in [-0.4, -0.2) is 19.5 Å². The molecule has 0 bridgehead atoms. The summed E-state index contributed by atoms with van der Waals surface area (Å²) in [5.74, 6) is 0. The summed E-state index contributed by atoms with van der Waals surface area (Å²) in [5.41, 5.74) is 5.62. The van der Waals surface area contributed by atoms with Crippen LogP contribution in [-0.2, 0) is 6.61 Å². The molecular weight excluding hydrogens is 286 g/mol. The fraction of sp³-hybridized carbons (Fsp3) is 0.0526. The molecule has 0 aliphatic rings. The molecule has 0 radical (unpaired) electrons. The van der Waals surface area contributed by atoms with E-state index in [1.54, 1.807) is 6.20 Å². The van der Waals surface area contributed by atoms with Gasteiger partial charge in [0.15, 0.2) is 0 Å². The quantitative estimate of drug-likeness (QED) is 0.629. The number of aliphatic hydroxyl groups excluding tert-OH is 1. The molecule has 4 rings (SSSR count). The van der Waals surface area contributed by atoms with E-state index in [0.717, 1.165) is 33.7 Å². The molecule has 1 N–H and O–H groups in total. The van der Waals surface area contributed by atoms with Crippen LogP contribution in [0.4, 0.5) is 0 Å². The molecule has 0 amide bonds. The Labute approximate surface area is 133 Å². The van der Waals surface area contributed by atoms with E-state index < -0.39 is 0 Å². The fourth-order valence-corrected chi connectivity index (χ4v) is 2.62. The molecule has 0 saturated heterocycles. The Morgan fingerprint density at radius 1 is 0.870 bits per heavy atom. The van der Waals surface area contributed by atoms with E-state index in [0.29, 0.717) is 0 Å². The highest BCUT2D eigenvalue weighted by molar-refractivity contribution is 5.66. The number of hydrogen-bond donors (Lipinski definition) is 1. The van der Waals surface area contributed by atoms with Crippen LogP contribution in [0.25, 0.3) is 28.2 Å². The first-order valence-electron chi connectivity index (χ1n) is 7.44. The van der Waals surface area contributed by atoms with Crippen molar-refractivity contribution in [1.82, 2.24) is 14.4 Å². The van der Waals surface area contributed by atoms with Crippen molar-refractivity contribution in [3.05, 3.63) is 78.8 Å². The Hall–Kier alpha value is -2.98. The lowest BCUT2D eigenvalue weighted by molar-refractivity contribution is 0.282. The monoisotopic (exact) mass is 301 g/mol. The van der Waals surface area contributed by atoms with Crippen LogP contribution in [0.1, 0.15) is 5.56 Å². The van der Waals surface area contributed by atoms with Crippen LogP contribution < -0.4 is 0 Å². The lowest BCUT2D eigenvalue weighted by Gasteiger charge is -2.03. The molecule has 0 spiro atoms. The predicted molar refractivity (Wildman–Crippen MR) is 89.8 cm³/mol. The fourth-order valence-electron chi connectivity index (χ4n) is 2.62. The van der Waals surface area contributed by atoms with Crippen LogP contribution in [0.2, 0.25) is 0 Å². The van der Waals surface area contributed by atoms with E-state index in [9.17, 15) is 5.11 Å². The van der Waals surface area contributed by atoms with E-state index in [4.69, 9.17) is 0 Å². The number of aliphatic hydroxyl groups is 1. The van der Waals surface area contributed by atoms with Crippen molar-refractivity contribution in [3.8, 4) is 22.5 Å². The normalized spacial score (nSPS) is 11.0. The highest BCUT2D eigenvalue weighted by atomic mass is 16.3. The number of fused-ring (bicyclic) bond motifs is 1.